The van der Waals surface area contributed by atoms with Crippen molar-refractivity contribution in [1.29, 1.82) is 0 Å². The number of aromatic nitrogens is 1. The summed E-state index contributed by atoms with van der Waals surface area (Å²) in [6, 6.07) is 18.3. The number of hydrogen-bond donors (Lipinski definition) is 0. The molecule has 2 aromatic heterocycles. The molecule has 5 rings (SSSR count). The van der Waals surface area contributed by atoms with Gasteiger partial charge in [0.25, 0.3) is 0 Å². The highest BCUT2D eigenvalue weighted by Crippen LogP contribution is 2.42. The molecule has 1 aliphatic rings. The minimum absolute atomic E-state index is 0.0959. The summed E-state index contributed by atoms with van der Waals surface area (Å²) in [6.07, 6.45) is 1.58. The largest absolute Gasteiger partial charge is 0.497 e. The molecular formula is C34H40N2O5S. The van der Waals surface area contributed by atoms with Gasteiger partial charge in [0.15, 0.2) is 0 Å². The van der Waals surface area contributed by atoms with Crippen LogP contribution in [0.1, 0.15) is 82.5 Å². The van der Waals surface area contributed by atoms with Crippen LogP contribution in [-0.2, 0) is 16.0 Å². The Morgan fingerprint density at radius 2 is 1.74 bits per heavy atom. The lowest BCUT2D eigenvalue weighted by atomic mass is 9.86. The lowest BCUT2D eigenvalue weighted by molar-refractivity contribution is 0.0528. The van der Waals surface area contributed by atoms with E-state index in [1.807, 2.05) is 75.4 Å². The maximum Gasteiger partial charge on any atom is 0.419 e. The summed E-state index contributed by atoms with van der Waals surface area (Å²) in [5.74, 6) is 0.846. The van der Waals surface area contributed by atoms with E-state index in [0.29, 0.717) is 18.0 Å². The molecule has 0 radical (unpaired) electrons. The van der Waals surface area contributed by atoms with E-state index < -0.39 is 5.60 Å². The second-order valence-corrected chi connectivity index (χ2v) is 13.4. The zero-order chi connectivity index (χ0) is 30.2. The first-order chi connectivity index (χ1) is 20.0. The molecule has 8 heteroatoms. The Balaban J connectivity index is 1.55. The zero-order valence-corrected chi connectivity index (χ0v) is 26.3. The van der Waals surface area contributed by atoms with Crippen molar-refractivity contribution in [3.05, 3.63) is 86.7 Å². The van der Waals surface area contributed by atoms with E-state index in [1.165, 1.54) is 16.9 Å². The molecule has 0 amide bonds. The molecule has 0 saturated carbocycles. The molecule has 1 aliphatic heterocycles. The maximum atomic E-state index is 13.7. The molecule has 4 aromatic rings. The number of methoxy groups -OCH3 is 2. The van der Waals surface area contributed by atoms with Crippen molar-refractivity contribution in [3.8, 4) is 5.75 Å². The number of benzene rings is 2. The molecule has 1 fully saturated rings. The monoisotopic (exact) mass is 588 g/mol. The van der Waals surface area contributed by atoms with Crippen LogP contribution in [0.15, 0.2) is 54.6 Å². The van der Waals surface area contributed by atoms with E-state index in [4.69, 9.17) is 14.2 Å². The Morgan fingerprint density at radius 1 is 1.00 bits per heavy atom. The topological polar surface area (TPSA) is 70.0 Å². The van der Waals surface area contributed by atoms with Gasteiger partial charge < -0.3 is 14.2 Å². The van der Waals surface area contributed by atoms with Crippen molar-refractivity contribution in [2.24, 2.45) is 0 Å². The molecule has 3 heterocycles. The van der Waals surface area contributed by atoms with E-state index in [-0.39, 0.29) is 18.1 Å². The normalized spacial score (nSPS) is 17.8. The lowest BCUT2D eigenvalue weighted by Gasteiger charge is -2.40. The molecule has 222 valence electrons. The maximum absolute atomic E-state index is 13.7. The number of rotatable bonds is 6. The quantitative estimate of drug-likeness (QED) is 0.213. The number of carbonyl (C=O) groups is 2. The summed E-state index contributed by atoms with van der Waals surface area (Å²) < 4.78 is 18.1. The Hall–Kier alpha value is -3.62. The fraction of sp³-hybridized carbons (Fsp3) is 0.412. The predicted octanol–water partition coefficient (Wildman–Crippen LogP) is 8.02. The number of ether oxygens (including phenoxy) is 3. The van der Waals surface area contributed by atoms with Gasteiger partial charge in [-0.3, -0.25) is 4.90 Å². The van der Waals surface area contributed by atoms with Crippen LogP contribution in [0.25, 0.3) is 10.9 Å². The van der Waals surface area contributed by atoms with Crippen LogP contribution in [0.3, 0.4) is 0 Å². The van der Waals surface area contributed by atoms with Crippen molar-refractivity contribution < 1.29 is 23.8 Å². The van der Waals surface area contributed by atoms with Gasteiger partial charge in [-0.05, 0) is 114 Å². The van der Waals surface area contributed by atoms with Crippen molar-refractivity contribution in [1.82, 2.24) is 9.47 Å². The Kier molecular flexibility index (Phi) is 8.49. The SMILES string of the molecule is COC(=O)c1ccc([C@@H]2CC(c3ccc(C)s3)CCN2Cc2cc3cc(OC)cc(C)c3n2C(=O)OC(C)(C)C)cc1. The third-order valence-corrected chi connectivity index (χ3v) is 9.07. The third-order valence-electron chi connectivity index (χ3n) is 7.91. The first-order valence-corrected chi connectivity index (χ1v) is 15.2. The average Bonchev–Trinajstić information content (AvgIpc) is 3.55. The summed E-state index contributed by atoms with van der Waals surface area (Å²) in [6.45, 7) is 11.2. The van der Waals surface area contributed by atoms with Gasteiger partial charge in [-0.25, -0.2) is 14.2 Å². The summed E-state index contributed by atoms with van der Waals surface area (Å²) in [7, 11) is 3.05. The van der Waals surface area contributed by atoms with Crippen LogP contribution in [0, 0.1) is 13.8 Å². The molecule has 7 nitrogen and oxygen atoms in total. The molecule has 42 heavy (non-hydrogen) atoms. The number of carbonyl (C=O) groups excluding carboxylic acids is 2. The first kappa shape index (κ1) is 29.9. The van der Waals surface area contributed by atoms with Crippen LogP contribution >= 0.6 is 11.3 Å². The van der Waals surface area contributed by atoms with E-state index in [2.05, 4.69) is 30.0 Å². The summed E-state index contributed by atoms with van der Waals surface area (Å²) in [4.78, 5) is 31.0. The van der Waals surface area contributed by atoms with Crippen LogP contribution in [0.4, 0.5) is 4.79 Å². The van der Waals surface area contributed by atoms with Crippen molar-refractivity contribution in [3.63, 3.8) is 0 Å². The van der Waals surface area contributed by atoms with Gasteiger partial charge in [-0.15, -0.1) is 11.3 Å². The zero-order valence-electron chi connectivity index (χ0n) is 25.5. The predicted molar refractivity (Wildman–Crippen MR) is 167 cm³/mol. The van der Waals surface area contributed by atoms with Crippen LogP contribution in [0.5, 0.6) is 5.75 Å². The van der Waals surface area contributed by atoms with Gasteiger partial charge in [0.05, 0.1) is 25.3 Å². The smallest absolute Gasteiger partial charge is 0.419 e. The van der Waals surface area contributed by atoms with Gasteiger partial charge >= 0.3 is 12.1 Å². The second kappa shape index (κ2) is 11.9. The molecule has 2 aromatic carbocycles. The average molecular weight is 589 g/mol. The molecule has 0 bridgehead atoms. The van der Waals surface area contributed by atoms with Gasteiger partial charge in [0.2, 0.25) is 0 Å². The number of aryl methyl sites for hydroxylation is 2. The highest BCUT2D eigenvalue weighted by molar-refractivity contribution is 7.12. The van der Waals surface area contributed by atoms with E-state index in [0.717, 1.165) is 52.9 Å². The van der Waals surface area contributed by atoms with E-state index in [9.17, 15) is 9.59 Å². The molecule has 1 unspecified atom stereocenters. The molecular weight excluding hydrogens is 548 g/mol. The number of esters is 1. The molecule has 0 aliphatic carbocycles. The standard InChI is InChI=1S/C34H40N2O5S/c1-21-16-28(39-6)18-26-17-27(36(31(21)26)33(38)41-34(3,4)5)20-35-15-14-25(30-13-8-22(2)42-30)19-29(35)23-9-11-24(12-10-23)32(37)40-7/h8-13,16-18,25,29H,14-15,19-20H2,1-7H3/t25?,29-/m0/s1. The number of piperidine rings is 1. The third kappa shape index (κ3) is 6.25. The molecule has 0 spiro atoms. The molecule has 2 atom stereocenters. The lowest BCUT2D eigenvalue weighted by Crippen LogP contribution is -2.37. The molecule has 0 N–H and O–H groups in total. The summed E-state index contributed by atoms with van der Waals surface area (Å²) in [5.41, 5.74) is 3.69. The Bertz CT molecular complexity index is 1590. The van der Waals surface area contributed by atoms with Gasteiger partial charge in [-0.2, -0.15) is 0 Å². The highest BCUT2D eigenvalue weighted by atomic mass is 32.1. The van der Waals surface area contributed by atoms with Crippen molar-refractivity contribution >= 4 is 34.3 Å². The van der Waals surface area contributed by atoms with Crippen LogP contribution < -0.4 is 4.74 Å². The fourth-order valence-corrected chi connectivity index (χ4v) is 7.00. The summed E-state index contributed by atoms with van der Waals surface area (Å²) >= 11 is 1.87. The van der Waals surface area contributed by atoms with Crippen molar-refractivity contribution in [2.45, 2.75) is 71.6 Å². The van der Waals surface area contributed by atoms with Gasteiger partial charge in [0.1, 0.15) is 11.4 Å². The minimum Gasteiger partial charge on any atom is -0.497 e. The van der Waals surface area contributed by atoms with Gasteiger partial charge in [0, 0.05) is 33.4 Å². The molecule has 1 saturated heterocycles. The first-order valence-electron chi connectivity index (χ1n) is 14.4. The van der Waals surface area contributed by atoms with E-state index >= 15 is 0 Å². The van der Waals surface area contributed by atoms with Crippen LogP contribution in [-0.4, -0.2) is 47.9 Å². The van der Waals surface area contributed by atoms with Crippen LogP contribution in [0.2, 0.25) is 0 Å². The number of likely N-dealkylation sites (tertiary alicyclic amines) is 1. The van der Waals surface area contributed by atoms with Gasteiger partial charge in [-0.1, -0.05) is 12.1 Å². The number of fused-ring (bicyclic) bond motifs is 1. The van der Waals surface area contributed by atoms with Crippen molar-refractivity contribution in [2.75, 3.05) is 20.8 Å². The number of hydrogen-bond acceptors (Lipinski definition) is 7. The highest BCUT2D eigenvalue weighted by Gasteiger charge is 2.33. The number of thiophene rings is 1. The summed E-state index contributed by atoms with van der Waals surface area (Å²) in [5, 5.41) is 0.940. The Morgan fingerprint density at radius 3 is 2.36 bits per heavy atom. The number of nitrogens with zero attached hydrogens (tertiary/aromatic N) is 2. The Labute approximate surface area is 252 Å². The fourth-order valence-electron chi connectivity index (χ4n) is 5.97. The second-order valence-electron chi connectivity index (χ2n) is 12.1. The minimum atomic E-state index is -0.633. The van der Waals surface area contributed by atoms with E-state index in [1.54, 1.807) is 11.7 Å².